The van der Waals surface area contributed by atoms with Crippen molar-refractivity contribution in [3.63, 3.8) is 0 Å². The molecule has 3 rings (SSSR count). The van der Waals surface area contributed by atoms with Crippen LogP contribution in [0.5, 0.6) is 0 Å². The van der Waals surface area contributed by atoms with Gasteiger partial charge in [0.2, 0.25) is 5.91 Å². The topological polar surface area (TPSA) is 74.8 Å². The van der Waals surface area contributed by atoms with Gasteiger partial charge in [0.1, 0.15) is 0 Å². The standard InChI is InChI=1S/C16H18N2O4S/c19-14(17-8-10-23(22)11-9-17)6-3-7-18-15(20)12-4-1-2-5-13(12)16(18)21/h1-2,4-5H,3,6-11H2. The van der Waals surface area contributed by atoms with Gasteiger partial charge >= 0.3 is 0 Å². The van der Waals surface area contributed by atoms with Gasteiger partial charge in [-0.1, -0.05) is 12.1 Å². The minimum atomic E-state index is -0.809. The number of hydrogen-bond acceptors (Lipinski definition) is 4. The summed E-state index contributed by atoms with van der Waals surface area (Å²) in [6, 6.07) is 6.76. The van der Waals surface area contributed by atoms with Crippen LogP contribution in [0.25, 0.3) is 0 Å². The van der Waals surface area contributed by atoms with Crippen molar-refractivity contribution in [2.75, 3.05) is 31.1 Å². The second kappa shape index (κ2) is 6.62. The monoisotopic (exact) mass is 334 g/mol. The van der Waals surface area contributed by atoms with Gasteiger partial charge in [-0.05, 0) is 18.6 Å². The fraction of sp³-hybridized carbons (Fsp3) is 0.438. The van der Waals surface area contributed by atoms with E-state index < -0.39 is 10.8 Å². The highest BCUT2D eigenvalue weighted by molar-refractivity contribution is 7.85. The molecule has 0 radical (unpaired) electrons. The van der Waals surface area contributed by atoms with Crippen molar-refractivity contribution in [3.05, 3.63) is 35.4 Å². The minimum absolute atomic E-state index is 0.00157. The Labute approximate surface area is 136 Å². The minimum Gasteiger partial charge on any atom is -0.341 e. The molecule has 1 aromatic carbocycles. The van der Waals surface area contributed by atoms with E-state index in [4.69, 9.17) is 0 Å². The van der Waals surface area contributed by atoms with Gasteiger partial charge in [-0.2, -0.15) is 0 Å². The molecule has 0 N–H and O–H groups in total. The Morgan fingerprint density at radius 2 is 1.61 bits per heavy atom. The summed E-state index contributed by atoms with van der Waals surface area (Å²) in [5.74, 6) is 0.491. The lowest BCUT2D eigenvalue weighted by Crippen LogP contribution is -2.42. The molecule has 0 spiro atoms. The lowest BCUT2D eigenvalue weighted by Gasteiger charge is -2.26. The normalized spacial score (nSPS) is 18.4. The van der Waals surface area contributed by atoms with Crippen LogP contribution in [0.1, 0.15) is 33.6 Å². The van der Waals surface area contributed by atoms with Crippen LogP contribution in [-0.4, -0.2) is 62.9 Å². The van der Waals surface area contributed by atoms with Crippen molar-refractivity contribution >= 4 is 28.5 Å². The van der Waals surface area contributed by atoms with Gasteiger partial charge in [-0.3, -0.25) is 23.5 Å². The first-order chi connectivity index (χ1) is 11.1. The van der Waals surface area contributed by atoms with E-state index in [-0.39, 0.29) is 24.3 Å². The average molecular weight is 334 g/mol. The summed E-state index contributed by atoms with van der Waals surface area (Å²) in [4.78, 5) is 39.4. The summed E-state index contributed by atoms with van der Waals surface area (Å²) in [5.41, 5.74) is 0.865. The maximum atomic E-state index is 12.2. The summed E-state index contributed by atoms with van der Waals surface area (Å²) in [5, 5.41) is 0. The summed E-state index contributed by atoms with van der Waals surface area (Å²) >= 11 is 0. The molecule has 6 nitrogen and oxygen atoms in total. The quantitative estimate of drug-likeness (QED) is 0.758. The van der Waals surface area contributed by atoms with E-state index in [1.54, 1.807) is 29.2 Å². The first kappa shape index (κ1) is 15.9. The van der Waals surface area contributed by atoms with Crippen molar-refractivity contribution in [1.29, 1.82) is 0 Å². The Kier molecular flexibility index (Phi) is 4.56. The van der Waals surface area contributed by atoms with Crippen LogP contribution in [0.3, 0.4) is 0 Å². The maximum Gasteiger partial charge on any atom is 0.261 e. The predicted molar refractivity (Wildman–Crippen MR) is 85.5 cm³/mol. The van der Waals surface area contributed by atoms with E-state index in [0.717, 1.165) is 0 Å². The van der Waals surface area contributed by atoms with Crippen molar-refractivity contribution in [1.82, 2.24) is 9.80 Å². The molecule has 0 aliphatic carbocycles. The van der Waals surface area contributed by atoms with Gasteiger partial charge in [0.15, 0.2) is 0 Å². The summed E-state index contributed by atoms with van der Waals surface area (Å²) in [7, 11) is -0.809. The smallest absolute Gasteiger partial charge is 0.261 e. The molecule has 0 saturated carbocycles. The van der Waals surface area contributed by atoms with Crippen molar-refractivity contribution in [2.24, 2.45) is 0 Å². The first-order valence-electron chi connectivity index (χ1n) is 7.66. The van der Waals surface area contributed by atoms with Crippen molar-refractivity contribution in [3.8, 4) is 0 Å². The second-order valence-electron chi connectivity index (χ2n) is 5.64. The zero-order valence-corrected chi connectivity index (χ0v) is 13.5. The predicted octanol–water partition coefficient (Wildman–Crippen LogP) is 0.654. The Hall–Kier alpha value is -2.02. The molecular formula is C16H18N2O4S. The number of fused-ring (bicyclic) bond motifs is 1. The van der Waals surface area contributed by atoms with Crippen LogP contribution in [0.15, 0.2) is 24.3 Å². The first-order valence-corrected chi connectivity index (χ1v) is 9.14. The molecule has 2 heterocycles. The molecule has 3 amide bonds. The van der Waals surface area contributed by atoms with Crippen LogP contribution < -0.4 is 0 Å². The summed E-state index contributed by atoms with van der Waals surface area (Å²) in [6.45, 7) is 1.30. The molecule has 1 aromatic rings. The molecule has 0 aromatic heterocycles. The number of amides is 3. The zero-order valence-electron chi connectivity index (χ0n) is 12.7. The summed E-state index contributed by atoms with van der Waals surface area (Å²) in [6.07, 6.45) is 0.740. The Balaban J connectivity index is 1.52. The molecule has 0 bridgehead atoms. The molecule has 7 heteroatoms. The van der Waals surface area contributed by atoms with Crippen LogP contribution in [0, 0.1) is 0 Å². The molecule has 2 aliphatic heterocycles. The third-order valence-electron chi connectivity index (χ3n) is 4.18. The third-order valence-corrected chi connectivity index (χ3v) is 5.46. The van der Waals surface area contributed by atoms with Gasteiger partial charge in [0, 0.05) is 48.4 Å². The molecule has 2 aliphatic rings. The van der Waals surface area contributed by atoms with Crippen LogP contribution in [0.2, 0.25) is 0 Å². The molecule has 23 heavy (non-hydrogen) atoms. The number of hydrogen-bond donors (Lipinski definition) is 0. The fourth-order valence-corrected chi connectivity index (χ4v) is 3.93. The Morgan fingerprint density at radius 1 is 1.04 bits per heavy atom. The molecule has 0 atom stereocenters. The lowest BCUT2D eigenvalue weighted by molar-refractivity contribution is -0.131. The Bertz CT molecular complexity index is 643. The van der Waals surface area contributed by atoms with Gasteiger partial charge in [-0.15, -0.1) is 0 Å². The number of imide groups is 1. The van der Waals surface area contributed by atoms with Crippen LogP contribution in [0.4, 0.5) is 0 Å². The third kappa shape index (κ3) is 3.19. The fourth-order valence-electron chi connectivity index (χ4n) is 2.88. The van der Waals surface area contributed by atoms with E-state index in [0.29, 0.717) is 48.6 Å². The molecule has 1 saturated heterocycles. The highest BCUT2D eigenvalue weighted by Crippen LogP contribution is 2.22. The van der Waals surface area contributed by atoms with Crippen LogP contribution in [-0.2, 0) is 15.6 Å². The summed E-state index contributed by atoms with van der Waals surface area (Å²) < 4.78 is 11.3. The lowest BCUT2D eigenvalue weighted by atomic mass is 10.1. The molecular weight excluding hydrogens is 316 g/mol. The van der Waals surface area contributed by atoms with Gasteiger partial charge in [0.05, 0.1) is 11.1 Å². The van der Waals surface area contributed by atoms with E-state index in [1.165, 1.54) is 4.90 Å². The van der Waals surface area contributed by atoms with E-state index in [1.807, 2.05) is 0 Å². The molecule has 1 fully saturated rings. The average Bonchev–Trinajstić information content (AvgIpc) is 2.81. The van der Waals surface area contributed by atoms with E-state index in [2.05, 4.69) is 0 Å². The van der Waals surface area contributed by atoms with Gasteiger partial charge < -0.3 is 4.90 Å². The van der Waals surface area contributed by atoms with Crippen molar-refractivity contribution in [2.45, 2.75) is 12.8 Å². The molecule has 122 valence electrons. The van der Waals surface area contributed by atoms with Crippen molar-refractivity contribution < 1.29 is 18.6 Å². The largest absolute Gasteiger partial charge is 0.341 e. The van der Waals surface area contributed by atoms with Gasteiger partial charge in [0.25, 0.3) is 11.8 Å². The van der Waals surface area contributed by atoms with Gasteiger partial charge in [-0.25, -0.2) is 0 Å². The van der Waals surface area contributed by atoms with E-state index >= 15 is 0 Å². The molecule has 0 unspecified atom stereocenters. The highest BCUT2D eigenvalue weighted by Gasteiger charge is 2.34. The highest BCUT2D eigenvalue weighted by atomic mass is 32.2. The maximum absolute atomic E-state index is 12.2. The number of carbonyl (C=O) groups excluding carboxylic acids is 3. The zero-order chi connectivity index (χ0) is 16.4. The van der Waals surface area contributed by atoms with E-state index in [9.17, 15) is 18.6 Å². The number of nitrogens with zero attached hydrogens (tertiary/aromatic N) is 2. The SMILES string of the molecule is O=C(CCCN1C(=O)c2ccccc2C1=O)N1CCS(=O)CC1. The Morgan fingerprint density at radius 3 is 2.17 bits per heavy atom. The van der Waals surface area contributed by atoms with Crippen LogP contribution >= 0.6 is 0 Å². The number of rotatable bonds is 4. The number of benzene rings is 1. The second-order valence-corrected chi connectivity index (χ2v) is 7.34. The number of carbonyl (C=O) groups is 3.